The highest BCUT2D eigenvalue weighted by atomic mass is 16.6. The SMILES string of the molecule is CON=C1CNCC1NC(=O)OCc1ccccc1. The molecule has 0 bridgehead atoms. The lowest BCUT2D eigenvalue weighted by Crippen LogP contribution is -2.41. The first-order valence-electron chi connectivity index (χ1n) is 6.07. The normalized spacial score (nSPS) is 20.3. The third-order valence-corrected chi connectivity index (χ3v) is 2.77. The van der Waals surface area contributed by atoms with E-state index in [4.69, 9.17) is 9.57 Å². The van der Waals surface area contributed by atoms with E-state index >= 15 is 0 Å². The van der Waals surface area contributed by atoms with Crippen LogP contribution in [0.3, 0.4) is 0 Å². The minimum atomic E-state index is -0.457. The van der Waals surface area contributed by atoms with Crippen LogP contribution in [-0.4, -0.2) is 38.0 Å². The highest BCUT2D eigenvalue weighted by molar-refractivity contribution is 5.95. The van der Waals surface area contributed by atoms with Crippen LogP contribution in [0.15, 0.2) is 35.5 Å². The van der Waals surface area contributed by atoms with Gasteiger partial charge in [0.2, 0.25) is 0 Å². The van der Waals surface area contributed by atoms with Gasteiger partial charge in [-0.1, -0.05) is 35.5 Å². The second-order valence-electron chi connectivity index (χ2n) is 4.15. The number of hydrogen-bond donors (Lipinski definition) is 2. The minimum Gasteiger partial charge on any atom is -0.445 e. The Morgan fingerprint density at radius 1 is 1.47 bits per heavy atom. The zero-order valence-corrected chi connectivity index (χ0v) is 10.8. The summed E-state index contributed by atoms with van der Waals surface area (Å²) in [4.78, 5) is 16.4. The fourth-order valence-corrected chi connectivity index (χ4v) is 1.84. The molecule has 1 heterocycles. The van der Waals surface area contributed by atoms with Crippen molar-refractivity contribution in [2.24, 2.45) is 5.16 Å². The zero-order valence-electron chi connectivity index (χ0n) is 10.8. The first kappa shape index (κ1) is 13.4. The Balaban J connectivity index is 1.80. The van der Waals surface area contributed by atoms with E-state index in [0.717, 1.165) is 11.3 Å². The molecule has 1 atom stereocenters. The van der Waals surface area contributed by atoms with Crippen LogP contribution in [0.2, 0.25) is 0 Å². The third-order valence-electron chi connectivity index (χ3n) is 2.77. The van der Waals surface area contributed by atoms with Crippen LogP contribution < -0.4 is 10.6 Å². The predicted molar refractivity (Wildman–Crippen MR) is 70.9 cm³/mol. The lowest BCUT2D eigenvalue weighted by Gasteiger charge is -2.12. The number of carbonyl (C=O) groups is 1. The Kier molecular flexibility index (Phi) is 4.74. The molecule has 1 fully saturated rings. The third kappa shape index (κ3) is 3.96. The molecule has 6 heteroatoms. The summed E-state index contributed by atoms with van der Waals surface area (Å²) >= 11 is 0. The van der Waals surface area contributed by atoms with E-state index in [1.54, 1.807) is 0 Å². The van der Waals surface area contributed by atoms with Crippen molar-refractivity contribution in [1.82, 2.24) is 10.6 Å². The van der Waals surface area contributed by atoms with Gasteiger partial charge in [-0.15, -0.1) is 0 Å². The van der Waals surface area contributed by atoms with Crippen LogP contribution in [-0.2, 0) is 16.2 Å². The van der Waals surface area contributed by atoms with Crippen LogP contribution in [0.25, 0.3) is 0 Å². The van der Waals surface area contributed by atoms with Gasteiger partial charge in [0.05, 0.1) is 11.8 Å². The summed E-state index contributed by atoms with van der Waals surface area (Å²) in [5.41, 5.74) is 1.71. The van der Waals surface area contributed by atoms with E-state index in [9.17, 15) is 4.79 Å². The number of ether oxygens (including phenoxy) is 1. The molecule has 0 saturated carbocycles. The van der Waals surface area contributed by atoms with Gasteiger partial charge >= 0.3 is 6.09 Å². The van der Waals surface area contributed by atoms with Crippen molar-refractivity contribution in [2.75, 3.05) is 20.2 Å². The molecule has 1 saturated heterocycles. The number of amides is 1. The van der Waals surface area contributed by atoms with Gasteiger partial charge < -0.3 is 20.2 Å². The summed E-state index contributed by atoms with van der Waals surface area (Å²) in [5.74, 6) is 0. The van der Waals surface area contributed by atoms with Gasteiger partial charge in [0.25, 0.3) is 0 Å². The van der Waals surface area contributed by atoms with E-state index in [-0.39, 0.29) is 12.6 Å². The van der Waals surface area contributed by atoms with Gasteiger partial charge in [-0.05, 0) is 5.56 Å². The Hall–Kier alpha value is -2.08. The van der Waals surface area contributed by atoms with Crippen LogP contribution in [0.4, 0.5) is 4.79 Å². The number of oxime groups is 1. The Morgan fingerprint density at radius 3 is 3.00 bits per heavy atom. The summed E-state index contributed by atoms with van der Waals surface area (Å²) in [6.45, 7) is 1.49. The van der Waals surface area contributed by atoms with Gasteiger partial charge in [0.1, 0.15) is 13.7 Å². The molecule has 2 rings (SSSR count). The number of nitrogens with zero attached hydrogens (tertiary/aromatic N) is 1. The average Bonchev–Trinajstić information content (AvgIpc) is 2.85. The van der Waals surface area contributed by atoms with Crippen LogP contribution in [0.1, 0.15) is 5.56 Å². The Morgan fingerprint density at radius 2 is 2.26 bits per heavy atom. The zero-order chi connectivity index (χ0) is 13.5. The largest absolute Gasteiger partial charge is 0.445 e. The average molecular weight is 263 g/mol. The number of nitrogens with one attached hydrogen (secondary N) is 2. The molecule has 6 nitrogen and oxygen atoms in total. The highest BCUT2D eigenvalue weighted by Crippen LogP contribution is 2.02. The van der Waals surface area contributed by atoms with Gasteiger partial charge in [0, 0.05) is 13.1 Å². The second-order valence-corrected chi connectivity index (χ2v) is 4.15. The number of alkyl carbamates (subject to hydrolysis) is 1. The molecule has 19 heavy (non-hydrogen) atoms. The maximum Gasteiger partial charge on any atom is 0.408 e. The first-order valence-corrected chi connectivity index (χ1v) is 6.07. The molecule has 1 unspecified atom stereocenters. The standard InChI is InChI=1S/C13H17N3O3/c1-18-16-12-8-14-7-11(12)15-13(17)19-9-10-5-3-2-4-6-10/h2-6,11,14H,7-9H2,1H3,(H,15,17). The van der Waals surface area contributed by atoms with Gasteiger partial charge in [-0.2, -0.15) is 0 Å². The summed E-state index contributed by atoms with van der Waals surface area (Å²) in [5, 5.41) is 9.72. The van der Waals surface area contributed by atoms with Gasteiger partial charge in [-0.25, -0.2) is 4.79 Å². The molecule has 0 spiro atoms. The first-order chi connectivity index (χ1) is 9.29. The van der Waals surface area contributed by atoms with Crippen molar-refractivity contribution in [3.63, 3.8) is 0 Å². The van der Waals surface area contributed by atoms with Crippen LogP contribution >= 0.6 is 0 Å². The van der Waals surface area contributed by atoms with Crippen LogP contribution in [0.5, 0.6) is 0 Å². The fourth-order valence-electron chi connectivity index (χ4n) is 1.84. The van der Waals surface area contributed by atoms with E-state index in [1.807, 2.05) is 30.3 Å². The minimum absolute atomic E-state index is 0.178. The molecule has 1 aliphatic rings. The van der Waals surface area contributed by atoms with E-state index in [2.05, 4.69) is 15.8 Å². The molecule has 1 aromatic carbocycles. The molecular weight excluding hydrogens is 246 g/mol. The topological polar surface area (TPSA) is 72.0 Å². The van der Waals surface area contributed by atoms with Gasteiger partial charge in [0.15, 0.2) is 0 Å². The molecule has 0 aromatic heterocycles. The van der Waals surface area contributed by atoms with Crippen LogP contribution in [0, 0.1) is 0 Å². The summed E-state index contributed by atoms with van der Waals surface area (Å²) in [6, 6.07) is 9.36. The Bertz CT molecular complexity index is 448. The molecule has 2 N–H and O–H groups in total. The molecular formula is C13H17N3O3. The van der Waals surface area contributed by atoms with E-state index in [1.165, 1.54) is 7.11 Å². The molecule has 1 aliphatic heterocycles. The Labute approximate surface area is 111 Å². The van der Waals surface area contributed by atoms with Crippen molar-refractivity contribution in [1.29, 1.82) is 0 Å². The number of rotatable bonds is 4. The monoisotopic (exact) mass is 263 g/mol. The molecule has 1 aromatic rings. The van der Waals surface area contributed by atoms with Crippen molar-refractivity contribution < 1.29 is 14.4 Å². The lowest BCUT2D eigenvalue weighted by atomic mass is 10.2. The lowest BCUT2D eigenvalue weighted by molar-refractivity contribution is 0.138. The summed E-state index contributed by atoms with van der Waals surface area (Å²) in [7, 11) is 1.48. The maximum atomic E-state index is 11.7. The summed E-state index contributed by atoms with van der Waals surface area (Å²) < 4.78 is 5.14. The molecule has 0 radical (unpaired) electrons. The highest BCUT2D eigenvalue weighted by Gasteiger charge is 2.25. The quantitative estimate of drug-likeness (QED) is 0.791. The van der Waals surface area contributed by atoms with Crippen molar-refractivity contribution >= 4 is 11.8 Å². The van der Waals surface area contributed by atoms with Crippen molar-refractivity contribution in [3.05, 3.63) is 35.9 Å². The van der Waals surface area contributed by atoms with E-state index < -0.39 is 6.09 Å². The number of benzene rings is 1. The number of carbonyl (C=O) groups excluding carboxylic acids is 1. The molecule has 102 valence electrons. The predicted octanol–water partition coefficient (Wildman–Crippen LogP) is 0.887. The maximum absolute atomic E-state index is 11.7. The van der Waals surface area contributed by atoms with Crippen molar-refractivity contribution in [3.8, 4) is 0 Å². The van der Waals surface area contributed by atoms with E-state index in [0.29, 0.717) is 13.1 Å². The molecule has 1 amide bonds. The fraction of sp³-hybridized carbons (Fsp3) is 0.385. The van der Waals surface area contributed by atoms with Crippen molar-refractivity contribution in [2.45, 2.75) is 12.6 Å². The van der Waals surface area contributed by atoms with Gasteiger partial charge in [-0.3, -0.25) is 0 Å². The smallest absolute Gasteiger partial charge is 0.408 e. The number of hydrogen-bond acceptors (Lipinski definition) is 5. The summed E-state index contributed by atoms with van der Waals surface area (Å²) in [6.07, 6.45) is -0.457. The molecule has 0 aliphatic carbocycles. The second kappa shape index (κ2) is 6.75.